The van der Waals surface area contributed by atoms with Crippen LogP contribution in [0.25, 0.3) is 10.1 Å². The molecule has 0 radical (unpaired) electrons. The molecule has 0 aliphatic carbocycles. The molecule has 14 heavy (non-hydrogen) atoms. The predicted molar refractivity (Wildman–Crippen MR) is 65.6 cm³/mol. The number of methoxy groups -OCH3 is 1. The molecule has 1 heterocycles. The van der Waals surface area contributed by atoms with E-state index in [1.165, 1.54) is 10.1 Å². The van der Waals surface area contributed by atoms with Gasteiger partial charge in [0, 0.05) is 20.4 Å². The summed E-state index contributed by atoms with van der Waals surface area (Å²) in [6, 6.07) is 6.13. The van der Waals surface area contributed by atoms with Crippen molar-refractivity contribution in [3.8, 4) is 5.06 Å². The van der Waals surface area contributed by atoms with Crippen LogP contribution in [0.5, 0.6) is 5.06 Å². The van der Waals surface area contributed by atoms with Crippen LogP contribution < -0.4 is 4.74 Å². The summed E-state index contributed by atoms with van der Waals surface area (Å²) in [5, 5.41) is 2.10. The first kappa shape index (κ1) is 10.3. The van der Waals surface area contributed by atoms with Gasteiger partial charge in [0.05, 0.1) is 7.11 Å². The maximum atomic E-state index is 5.90. The van der Waals surface area contributed by atoms with Crippen LogP contribution in [0.3, 0.4) is 0 Å². The number of ether oxygens (including phenoxy) is 1. The number of hydrogen-bond acceptors (Lipinski definition) is 2. The zero-order chi connectivity index (χ0) is 10.1. The first-order valence-electron chi connectivity index (χ1n) is 4.07. The first-order chi connectivity index (χ1) is 6.76. The van der Waals surface area contributed by atoms with Crippen LogP contribution in [0.2, 0.25) is 0 Å². The molecular formula is C10H8BrClOS. The Hall–Kier alpha value is -0.250. The Balaban J connectivity index is 2.73. The lowest BCUT2D eigenvalue weighted by atomic mass is 10.1. The van der Waals surface area contributed by atoms with E-state index in [2.05, 4.69) is 22.0 Å². The van der Waals surface area contributed by atoms with E-state index in [-0.39, 0.29) is 0 Å². The van der Waals surface area contributed by atoms with Gasteiger partial charge in [0.1, 0.15) is 0 Å². The fraction of sp³-hybridized carbons (Fsp3) is 0.200. The number of thiophene rings is 1. The van der Waals surface area contributed by atoms with Gasteiger partial charge in [0.15, 0.2) is 5.06 Å². The van der Waals surface area contributed by atoms with Crippen LogP contribution in [0.15, 0.2) is 22.7 Å². The molecule has 0 amide bonds. The zero-order valence-corrected chi connectivity index (χ0v) is 10.7. The molecule has 0 fully saturated rings. The van der Waals surface area contributed by atoms with Crippen molar-refractivity contribution in [2.75, 3.05) is 7.11 Å². The van der Waals surface area contributed by atoms with Crippen molar-refractivity contribution in [2.24, 2.45) is 0 Å². The molecule has 1 aromatic carbocycles. The van der Waals surface area contributed by atoms with Gasteiger partial charge >= 0.3 is 0 Å². The minimum Gasteiger partial charge on any atom is -0.487 e. The quantitative estimate of drug-likeness (QED) is 0.745. The van der Waals surface area contributed by atoms with E-state index in [9.17, 15) is 0 Å². The van der Waals surface area contributed by atoms with E-state index in [4.69, 9.17) is 16.3 Å². The van der Waals surface area contributed by atoms with Crippen LogP contribution in [0.4, 0.5) is 0 Å². The molecule has 1 aromatic heterocycles. The third-order valence-corrected chi connectivity index (χ3v) is 4.14. The molecule has 0 saturated heterocycles. The molecule has 0 aliphatic heterocycles. The van der Waals surface area contributed by atoms with Gasteiger partial charge in [-0.15, -0.1) is 11.6 Å². The summed E-state index contributed by atoms with van der Waals surface area (Å²) in [5.41, 5.74) is 1.13. The molecule has 4 heteroatoms. The summed E-state index contributed by atoms with van der Waals surface area (Å²) in [5.74, 6) is 0.512. The van der Waals surface area contributed by atoms with Crippen molar-refractivity contribution in [1.29, 1.82) is 0 Å². The molecule has 0 saturated carbocycles. The Labute approximate surface area is 99.8 Å². The zero-order valence-electron chi connectivity index (χ0n) is 7.51. The van der Waals surface area contributed by atoms with Crippen molar-refractivity contribution in [1.82, 2.24) is 0 Å². The molecular weight excluding hydrogens is 284 g/mol. The summed E-state index contributed by atoms with van der Waals surface area (Å²) in [4.78, 5) is 0. The minimum atomic E-state index is 0.512. The third-order valence-electron chi connectivity index (χ3n) is 2.07. The normalized spacial score (nSPS) is 10.8. The number of alkyl halides is 1. The fourth-order valence-electron chi connectivity index (χ4n) is 1.36. The second-order valence-electron chi connectivity index (χ2n) is 2.84. The van der Waals surface area contributed by atoms with Crippen LogP contribution in [-0.2, 0) is 5.88 Å². The van der Waals surface area contributed by atoms with Gasteiger partial charge in [-0.2, -0.15) is 0 Å². The Kier molecular flexibility index (Phi) is 3.00. The largest absolute Gasteiger partial charge is 0.487 e. The molecule has 0 bridgehead atoms. The Morgan fingerprint density at radius 1 is 1.50 bits per heavy atom. The van der Waals surface area contributed by atoms with Crippen molar-refractivity contribution in [2.45, 2.75) is 5.88 Å². The van der Waals surface area contributed by atoms with E-state index in [1.807, 2.05) is 12.1 Å². The molecule has 1 nitrogen and oxygen atoms in total. The molecule has 0 spiro atoms. The highest BCUT2D eigenvalue weighted by atomic mass is 79.9. The standard InChI is InChI=1S/C10H8BrClOS/c1-13-10-4-6-7(5-12)8(11)2-3-9(6)14-10/h2-4H,5H2,1H3. The van der Waals surface area contributed by atoms with E-state index >= 15 is 0 Å². The van der Waals surface area contributed by atoms with E-state index in [0.29, 0.717) is 5.88 Å². The Morgan fingerprint density at radius 3 is 2.93 bits per heavy atom. The predicted octanol–water partition coefficient (Wildman–Crippen LogP) is 4.41. The highest BCUT2D eigenvalue weighted by Gasteiger charge is 2.08. The summed E-state index contributed by atoms with van der Waals surface area (Å²) in [6.45, 7) is 0. The van der Waals surface area contributed by atoms with Crippen LogP contribution >= 0.6 is 38.9 Å². The smallest absolute Gasteiger partial charge is 0.174 e. The second-order valence-corrected chi connectivity index (χ2v) is 5.01. The highest BCUT2D eigenvalue weighted by Crippen LogP contribution is 2.37. The number of fused-ring (bicyclic) bond motifs is 1. The average molecular weight is 292 g/mol. The van der Waals surface area contributed by atoms with Crippen molar-refractivity contribution in [3.63, 3.8) is 0 Å². The van der Waals surface area contributed by atoms with Crippen molar-refractivity contribution >= 4 is 49.0 Å². The monoisotopic (exact) mass is 290 g/mol. The molecule has 0 atom stereocenters. The lowest BCUT2D eigenvalue weighted by Crippen LogP contribution is -1.80. The van der Waals surface area contributed by atoms with Gasteiger partial charge < -0.3 is 4.74 Å². The van der Waals surface area contributed by atoms with Gasteiger partial charge in [-0.1, -0.05) is 27.3 Å². The van der Waals surface area contributed by atoms with Crippen LogP contribution in [-0.4, -0.2) is 7.11 Å². The Morgan fingerprint density at radius 2 is 2.29 bits per heavy atom. The molecule has 0 N–H and O–H groups in total. The van der Waals surface area contributed by atoms with E-state index in [1.54, 1.807) is 18.4 Å². The molecule has 0 unspecified atom stereocenters. The summed E-state index contributed by atoms with van der Waals surface area (Å²) in [6.07, 6.45) is 0. The maximum Gasteiger partial charge on any atom is 0.174 e. The van der Waals surface area contributed by atoms with Gasteiger partial charge in [-0.25, -0.2) is 0 Å². The fourth-order valence-corrected chi connectivity index (χ4v) is 3.20. The van der Waals surface area contributed by atoms with Crippen LogP contribution in [0, 0.1) is 0 Å². The van der Waals surface area contributed by atoms with E-state index in [0.717, 1.165) is 15.1 Å². The Bertz CT molecular complexity index is 466. The van der Waals surface area contributed by atoms with Gasteiger partial charge in [-0.3, -0.25) is 0 Å². The minimum absolute atomic E-state index is 0.512. The van der Waals surface area contributed by atoms with Crippen molar-refractivity contribution < 1.29 is 4.74 Å². The molecule has 2 rings (SSSR count). The van der Waals surface area contributed by atoms with Gasteiger partial charge in [0.2, 0.25) is 0 Å². The van der Waals surface area contributed by atoms with Gasteiger partial charge in [0.25, 0.3) is 0 Å². The second kappa shape index (κ2) is 4.09. The topological polar surface area (TPSA) is 9.23 Å². The summed E-state index contributed by atoms with van der Waals surface area (Å²) >= 11 is 11.0. The lowest BCUT2D eigenvalue weighted by molar-refractivity contribution is 0.427. The average Bonchev–Trinajstić information content (AvgIpc) is 2.60. The number of halogens is 2. The van der Waals surface area contributed by atoms with E-state index < -0.39 is 0 Å². The number of benzene rings is 1. The molecule has 2 aromatic rings. The third kappa shape index (κ3) is 1.64. The highest BCUT2D eigenvalue weighted by molar-refractivity contribution is 9.10. The molecule has 74 valence electrons. The summed E-state index contributed by atoms with van der Waals surface area (Å²) in [7, 11) is 1.68. The molecule has 0 aliphatic rings. The SMILES string of the molecule is COc1cc2c(CCl)c(Br)ccc2s1. The van der Waals surface area contributed by atoms with Gasteiger partial charge in [-0.05, 0) is 23.8 Å². The number of hydrogen-bond donors (Lipinski definition) is 0. The lowest BCUT2D eigenvalue weighted by Gasteiger charge is -2.00. The summed E-state index contributed by atoms with van der Waals surface area (Å²) < 4.78 is 7.46. The number of rotatable bonds is 2. The maximum absolute atomic E-state index is 5.90. The first-order valence-corrected chi connectivity index (χ1v) is 6.21. The van der Waals surface area contributed by atoms with Crippen molar-refractivity contribution in [3.05, 3.63) is 28.2 Å². The van der Waals surface area contributed by atoms with Crippen LogP contribution in [0.1, 0.15) is 5.56 Å².